The van der Waals surface area contributed by atoms with Gasteiger partial charge in [-0.3, -0.25) is 13.9 Å². The molecule has 2 aromatic heterocycles. The molecule has 2 fully saturated rings. The number of aryl methyl sites for hydroxylation is 1. The number of carbonyl (C=O) groups is 1. The van der Waals surface area contributed by atoms with Crippen LogP contribution in [0.15, 0.2) is 47.4 Å². The first-order chi connectivity index (χ1) is 17.0. The number of benzene rings is 1. The van der Waals surface area contributed by atoms with Gasteiger partial charge in [0.25, 0.3) is 11.5 Å². The van der Waals surface area contributed by atoms with Crippen LogP contribution < -0.4 is 15.6 Å². The number of nitrogens with zero attached hydrogens (tertiary/aromatic N) is 4. The summed E-state index contributed by atoms with van der Waals surface area (Å²) in [6.45, 7) is 3.06. The smallest absolute Gasteiger partial charge is 0.263 e. The first kappa shape index (κ1) is 23.4. The highest BCUT2D eigenvalue weighted by molar-refractivity contribution is 7.98. The first-order valence-electron chi connectivity index (χ1n) is 11.8. The van der Waals surface area contributed by atoms with Crippen LogP contribution in [0.5, 0.6) is 5.88 Å². The van der Waals surface area contributed by atoms with Crippen molar-refractivity contribution in [2.24, 2.45) is 7.05 Å². The number of fused-ring (bicyclic) bond motifs is 1. The maximum absolute atomic E-state index is 13.1. The standard InChI is InChI=1S/C26H27N5O3S/c1-30-22-20(8-11-28-24(22)34-17-26(9-10-26)35-31-12-2-3-13-31)14-21(25(30)33)23(32)29-16-19-6-4-18(15-27)5-7-19/h4-8,11,14H,2-3,9-10,12-13,16-17H2,1H3,(H,29,32). The summed E-state index contributed by atoms with van der Waals surface area (Å²) < 4.78 is 10.2. The fourth-order valence-corrected chi connectivity index (χ4v) is 5.68. The normalized spacial score (nSPS) is 16.7. The lowest BCUT2D eigenvalue weighted by atomic mass is 10.1. The molecule has 1 N–H and O–H groups in total. The van der Waals surface area contributed by atoms with Crippen molar-refractivity contribution in [3.8, 4) is 11.9 Å². The number of hydrogen-bond acceptors (Lipinski definition) is 7. The third-order valence-corrected chi connectivity index (χ3v) is 8.08. The van der Waals surface area contributed by atoms with Crippen LogP contribution in [-0.2, 0) is 13.6 Å². The van der Waals surface area contributed by atoms with Crippen molar-refractivity contribution in [2.75, 3.05) is 19.7 Å². The molecule has 0 atom stereocenters. The van der Waals surface area contributed by atoms with Gasteiger partial charge in [0.2, 0.25) is 5.88 Å². The monoisotopic (exact) mass is 489 g/mol. The average molecular weight is 490 g/mol. The fourth-order valence-electron chi connectivity index (χ4n) is 4.30. The van der Waals surface area contributed by atoms with E-state index in [0.717, 1.165) is 36.9 Å². The first-order valence-corrected chi connectivity index (χ1v) is 12.6. The predicted octanol–water partition coefficient (Wildman–Crippen LogP) is 3.39. The van der Waals surface area contributed by atoms with E-state index >= 15 is 0 Å². The van der Waals surface area contributed by atoms with Crippen LogP contribution in [0, 0.1) is 11.3 Å². The van der Waals surface area contributed by atoms with E-state index in [1.165, 1.54) is 17.4 Å². The molecule has 1 aliphatic carbocycles. The topological polar surface area (TPSA) is 100 Å². The maximum Gasteiger partial charge on any atom is 0.263 e. The van der Waals surface area contributed by atoms with E-state index in [1.54, 1.807) is 49.6 Å². The molecule has 0 spiro atoms. The summed E-state index contributed by atoms with van der Waals surface area (Å²) in [6, 6.07) is 12.4. The van der Waals surface area contributed by atoms with Gasteiger partial charge in [-0.25, -0.2) is 4.98 Å². The van der Waals surface area contributed by atoms with Gasteiger partial charge in [-0.2, -0.15) is 5.26 Å². The molecule has 35 heavy (non-hydrogen) atoms. The van der Waals surface area contributed by atoms with Crippen LogP contribution in [0.3, 0.4) is 0 Å². The Kier molecular flexibility index (Phi) is 6.50. The molecule has 0 bridgehead atoms. The third-order valence-electron chi connectivity index (χ3n) is 6.54. The van der Waals surface area contributed by atoms with Gasteiger partial charge in [-0.05, 0) is 55.5 Å². The molecule has 1 saturated carbocycles. The average Bonchev–Trinajstić information content (AvgIpc) is 3.45. The Morgan fingerprint density at radius 2 is 1.97 bits per heavy atom. The summed E-state index contributed by atoms with van der Waals surface area (Å²) in [7, 11) is 1.64. The highest BCUT2D eigenvalue weighted by atomic mass is 32.2. The molecule has 5 rings (SSSR count). The second-order valence-electron chi connectivity index (χ2n) is 9.17. The van der Waals surface area contributed by atoms with Gasteiger partial charge in [0, 0.05) is 38.3 Å². The summed E-state index contributed by atoms with van der Waals surface area (Å²) in [5.41, 5.74) is 1.64. The second-order valence-corrected chi connectivity index (χ2v) is 10.7. The Balaban J connectivity index is 1.32. The predicted molar refractivity (Wildman–Crippen MR) is 135 cm³/mol. The quantitative estimate of drug-likeness (QED) is 0.484. The van der Waals surface area contributed by atoms with Gasteiger partial charge < -0.3 is 14.6 Å². The molecular weight excluding hydrogens is 462 g/mol. The van der Waals surface area contributed by atoms with Crippen molar-refractivity contribution in [1.29, 1.82) is 5.26 Å². The van der Waals surface area contributed by atoms with E-state index in [9.17, 15) is 9.59 Å². The molecule has 0 unspecified atom stereocenters. The lowest BCUT2D eigenvalue weighted by molar-refractivity contribution is 0.0949. The minimum absolute atomic E-state index is 0.0639. The molecule has 3 aromatic rings. The fraction of sp³-hybridized carbons (Fsp3) is 0.385. The zero-order valence-electron chi connectivity index (χ0n) is 19.6. The lowest BCUT2D eigenvalue weighted by Gasteiger charge is -2.22. The minimum Gasteiger partial charge on any atom is -0.475 e. The highest BCUT2D eigenvalue weighted by Gasteiger charge is 2.46. The number of amides is 1. The van der Waals surface area contributed by atoms with Crippen LogP contribution in [0.1, 0.15) is 47.2 Å². The van der Waals surface area contributed by atoms with E-state index in [1.807, 2.05) is 11.9 Å². The van der Waals surface area contributed by atoms with Crippen molar-refractivity contribution in [1.82, 2.24) is 19.2 Å². The zero-order chi connectivity index (χ0) is 24.4. The molecule has 9 heteroatoms. The molecule has 180 valence electrons. The van der Waals surface area contributed by atoms with E-state index in [0.29, 0.717) is 23.6 Å². The number of hydrogen-bond donors (Lipinski definition) is 1. The maximum atomic E-state index is 13.1. The zero-order valence-corrected chi connectivity index (χ0v) is 20.4. The molecule has 1 aliphatic heterocycles. The molecule has 3 heterocycles. The van der Waals surface area contributed by atoms with Gasteiger partial charge in [0.1, 0.15) is 17.7 Å². The van der Waals surface area contributed by atoms with E-state index in [-0.39, 0.29) is 16.9 Å². The summed E-state index contributed by atoms with van der Waals surface area (Å²) in [5.74, 6) is -0.0324. The van der Waals surface area contributed by atoms with E-state index in [4.69, 9.17) is 10.00 Å². The van der Waals surface area contributed by atoms with Gasteiger partial charge in [-0.15, -0.1) is 0 Å². The Labute approximate surface area is 208 Å². The van der Waals surface area contributed by atoms with Gasteiger partial charge >= 0.3 is 0 Å². The summed E-state index contributed by atoms with van der Waals surface area (Å²) in [6.07, 6.45) is 6.37. The van der Waals surface area contributed by atoms with Gasteiger partial charge in [-0.1, -0.05) is 24.1 Å². The summed E-state index contributed by atoms with van der Waals surface area (Å²) in [5, 5.41) is 12.4. The van der Waals surface area contributed by atoms with Crippen LogP contribution in [0.4, 0.5) is 0 Å². The third kappa shape index (κ3) is 5.04. The minimum atomic E-state index is -0.449. The molecule has 2 aliphatic rings. The molecular formula is C26H27N5O3S. The van der Waals surface area contributed by atoms with Crippen molar-refractivity contribution in [3.63, 3.8) is 0 Å². The number of aromatic nitrogens is 2. The molecule has 0 radical (unpaired) electrons. The van der Waals surface area contributed by atoms with Crippen molar-refractivity contribution in [2.45, 2.75) is 37.0 Å². The van der Waals surface area contributed by atoms with Crippen LogP contribution in [-0.4, -0.2) is 44.2 Å². The Morgan fingerprint density at radius 3 is 2.66 bits per heavy atom. The molecule has 1 aromatic carbocycles. The van der Waals surface area contributed by atoms with Gasteiger partial charge in [0.15, 0.2) is 0 Å². The largest absolute Gasteiger partial charge is 0.475 e. The van der Waals surface area contributed by atoms with Crippen LogP contribution >= 0.6 is 11.9 Å². The Morgan fingerprint density at radius 1 is 1.23 bits per heavy atom. The number of nitrogens with one attached hydrogen (secondary N) is 1. The number of rotatable bonds is 8. The highest BCUT2D eigenvalue weighted by Crippen LogP contribution is 2.50. The van der Waals surface area contributed by atoms with Crippen molar-refractivity contribution in [3.05, 3.63) is 69.6 Å². The SMILES string of the molecule is Cn1c(=O)c(C(=O)NCc2ccc(C#N)cc2)cc2ccnc(OCC3(SN4CCCC4)CC3)c21. The molecule has 1 saturated heterocycles. The number of nitriles is 1. The van der Waals surface area contributed by atoms with Crippen LogP contribution in [0.25, 0.3) is 10.9 Å². The lowest BCUT2D eigenvalue weighted by Crippen LogP contribution is -2.32. The van der Waals surface area contributed by atoms with Gasteiger partial charge in [0.05, 0.1) is 16.4 Å². The second kappa shape index (κ2) is 9.72. The molecule has 1 amide bonds. The summed E-state index contributed by atoms with van der Waals surface area (Å²) >= 11 is 1.91. The summed E-state index contributed by atoms with van der Waals surface area (Å²) in [4.78, 5) is 30.3. The number of carbonyl (C=O) groups excluding carboxylic acids is 1. The number of ether oxygens (including phenoxy) is 1. The Hall–Kier alpha value is -3.35. The van der Waals surface area contributed by atoms with Crippen molar-refractivity contribution >= 4 is 28.8 Å². The molecule has 8 nitrogen and oxygen atoms in total. The number of pyridine rings is 2. The van der Waals surface area contributed by atoms with E-state index in [2.05, 4.69) is 20.7 Å². The Bertz CT molecular complexity index is 1350. The van der Waals surface area contributed by atoms with E-state index < -0.39 is 11.5 Å². The van der Waals surface area contributed by atoms with Crippen LogP contribution in [0.2, 0.25) is 0 Å². The van der Waals surface area contributed by atoms with Crippen molar-refractivity contribution < 1.29 is 9.53 Å².